The van der Waals surface area contributed by atoms with Gasteiger partial charge in [-0.3, -0.25) is 18.7 Å². The number of aromatic nitrogens is 4. The minimum absolute atomic E-state index is 0.119. The zero-order valence-corrected chi connectivity index (χ0v) is 18.5. The van der Waals surface area contributed by atoms with Gasteiger partial charge in [-0.05, 0) is 38.1 Å². The lowest BCUT2D eigenvalue weighted by Crippen LogP contribution is -2.27. The van der Waals surface area contributed by atoms with Crippen LogP contribution in [-0.4, -0.2) is 37.9 Å². The number of carbonyl (C=O) groups is 2. The molecule has 0 unspecified atom stereocenters. The Morgan fingerprint density at radius 3 is 2.24 bits per heavy atom. The molecule has 0 bridgehead atoms. The lowest BCUT2D eigenvalue weighted by atomic mass is 10.1. The molecule has 0 aliphatic heterocycles. The Labute approximate surface area is 189 Å². The number of Topliss-reactive ketones (excluding diaryl/α,β-unsaturated/α-hetero) is 1. The average Bonchev–Trinajstić information content (AvgIpc) is 3.09. The SMILES string of the molecule is CCn1c(=O)n(CC(=O)c2ccc(C)cc2)c2c(C(N)=O)nc(-c3ccc(OC)cc3)nc21. The highest BCUT2D eigenvalue weighted by molar-refractivity contribution is 6.03. The van der Waals surface area contributed by atoms with Gasteiger partial charge in [0, 0.05) is 17.7 Å². The summed E-state index contributed by atoms with van der Waals surface area (Å²) in [5.41, 5.74) is 7.55. The smallest absolute Gasteiger partial charge is 0.330 e. The molecule has 0 aliphatic carbocycles. The average molecular weight is 445 g/mol. The number of carbonyl (C=O) groups excluding carboxylic acids is 2. The van der Waals surface area contributed by atoms with Crippen LogP contribution in [-0.2, 0) is 13.1 Å². The van der Waals surface area contributed by atoms with Gasteiger partial charge in [-0.2, -0.15) is 0 Å². The first-order chi connectivity index (χ1) is 15.8. The van der Waals surface area contributed by atoms with Gasteiger partial charge in [0.1, 0.15) is 11.3 Å². The molecular formula is C24H23N5O4. The first kappa shape index (κ1) is 21.9. The van der Waals surface area contributed by atoms with Gasteiger partial charge in [0.2, 0.25) is 0 Å². The van der Waals surface area contributed by atoms with Crippen LogP contribution in [0.25, 0.3) is 22.6 Å². The number of ether oxygens (including phenoxy) is 1. The van der Waals surface area contributed by atoms with Gasteiger partial charge in [0.15, 0.2) is 22.9 Å². The Morgan fingerprint density at radius 1 is 1.00 bits per heavy atom. The van der Waals surface area contributed by atoms with Crippen LogP contribution in [0.4, 0.5) is 0 Å². The number of methoxy groups -OCH3 is 1. The maximum Gasteiger partial charge on any atom is 0.330 e. The van der Waals surface area contributed by atoms with Crippen LogP contribution < -0.4 is 16.2 Å². The third-order valence-corrected chi connectivity index (χ3v) is 5.43. The highest BCUT2D eigenvalue weighted by atomic mass is 16.5. The van der Waals surface area contributed by atoms with Crippen LogP contribution in [0, 0.1) is 6.92 Å². The van der Waals surface area contributed by atoms with Crippen molar-refractivity contribution < 1.29 is 14.3 Å². The normalized spacial score (nSPS) is 11.0. The van der Waals surface area contributed by atoms with E-state index in [0.29, 0.717) is 23.4 Å². The number of fused-ring (bicyclic) bond motifs is 1. The van der Waals surface area contributed by atoms with Gasteiger partial charge in [0.05, 0.1) is 13.7 Å². The summed E-state index contributed by atoms with van der Waals surface area (Å²) in [5, 5.41) is 0. The zero-order chi connectivity index (χ0) is 23.7. The van der Waals surface area contributed by atoms with Gasteiger partial charge in [-0.25, -0.2) is 14.8 Å². The molecule has 2 heterocycles. The lowest BCUT2D eigenvalue weighted by molar-refractivity contribution is 0.0966. The highest BCUT2D eigenvalue weighted by Gasteiger charge is 2.24. The second-order valence-electron chi connectivity index (χ2n) is 7.56. The number of nitrogens with two attached hydrogens (primary N) is 1. The highest BCUT2D eigenvalue weighted by Crippen LogP contribution is 2.24. The second-order valence-corrected chi connectivity index (χ2v) is 7.56. The van der Waals surface area contributed by atoms with Crippen molar-refractivity contribution in [2.24, 2.45) is 5.73 Å². The molecule has 9 heteroatoms. The number of nitrogens with zero attached hydrogens (tertiary/aromatic N) is 4. The number of hydrogen-bond acceptors (Lipinski definition) is 6. The summed E-state index contributed by atoms with van der Waals surface area (Å²) in [5.74, 6) is -0.201. The topological polar surface area (TPSA) is 122 Å². The molecule has 33 heavy (non-hydrogen) atoms. The van der Waals surface area contributed by atoms with Crippen molar-refractivity contribution in [3.63, 3.8) is 0 Å². The van der Waals surface area contributed by atoms with Crippen LogP contribution in [0.5, 0.6) is 5.75 Å². The molecule has 2 aromatic heterocycles. The number of aryl methyl sites for hydroxylation is 2. The van der Waals surface area contributed by atoms with Crippen molar-refractivity contribution >= 4 is 22.9 Å². The van der Waals surface area contributed by atoms with Crippen LogP contribution in [0.3, 0.4) is 0 Å². The Balaban J connectivity index is 1.90. The largest absolute Gasteiger partial charge is 0.497 e. The molecule has 0 atom stereocenters. The van der Waals surface area contributed by atoms with Crippen LogP contribution in [0.1, 0.15) is 33.3 Å². The molecule has 1 amide bonds. The fourth-order valence-corrected chi connectivity index (χ4v) is 3.66. The van der Waals surface area contributed by atoms with E-state index in [4.69, 9.17) is 10.5 Å². The Bertz CT molecular complexity index is 1420. The van der Waals surface area contributed by atoms with Gasteiger partial charge in [-0.15, -0.1) is 0 Å². The monoisotopic (exact) mass is 445 g/mol. The fraction of sp³-hybridized carbons (Fsp3) is 0.208. The Kier molecular flexibility index (Phi) is 5.78. The van der Waals surface area contributed by atoms with Gasteiger partial charge >= 0.3 is 5.69 Å². The molecular weight excluding hydrogens is 422 g/mol. The molecule has 0 radical (unpaired) electrons. The summed E-state index contributed by atoms with van der Waals surface area (Å²) in [6.07, 6.45) is 0. The summed E-state index contributed by atoms with van der Waals surface area (Å²) >= 11 is 0. The van der Waals surface area contributed by atoms with E-state index in [1.54, 1.807) is 50.4 Å². The van der Waals surface area contributed by atoms with Gasteiger partial charge in [0.25, 0.3) is 5.91 Å². The Morgan fingerprint density at radius 2 is 1.67 bits per heavy atom. The quantitative estimate of drug-likeness (QED) is 0.436. The van der Waals surface area contributed by atoms with E-state index in [-0.39, 0.29) is 35.0 Å². The second kappa shape index (κ2) is 8.70. The van der Waals surface area contributed by atoms with Gasteiger partial charge in [-0.1, -0.05) is 29.8 Å². The summed E-state index contributed by atoms with van der Waals surface area (Å²) in [4.78, 5) is 47.4. The standard InChI is InChI=1S/C24H23N5O4/c1-4-28-23-20(29(24(28)32)13-18(30)15-7-5-14(2)6-8-15)19(21(25)31)26-22(27-23)16-9-11-17(33-3)12-10-16/h5-12H,4,13H2,1-3H3,(H2,25,31). The molecule has 0 saturated carbocycles. The molecule has 2 N–H and O–H groups in total. The lowest BCUT2D eigenvalue weighted by Gasteiger charge is -2.08. The maximum absolute atomic E-state index is 13.2. The fourth-order valence-electron chi connectivity index (χ4n) is 3.66. The van der Waals surface area contributed by atoms with E-state index in [9.17, 15) is 14.4 Å². The number of ketones is 1. The first-order valence-corrected chi connectivity index (χ1v) is 10.4. The molecule has 4 rings (SSSR count). The number of hydrogen-bond donors (Lipinski definition) is 1. The van der Waals surface area contributed by atoms with E-state index in [0.717, 1.165) is 5.56 Å². The number of benzene rings is 2. The number of imidazole rings is 1. The van der Waals surface area contributed by atoms with E-state index in [2.05, 4.69) is 9.97 Å². The summed E-state index contributed by atoms with van der Waals surface area (Å²) in [6.45, 7) is 3.73. The van der Waals surface area contributed by atoms with E-state index in [1.165, 1.54) is 9.13 Å². The van der Waals surface area contributed by atoms with Crippen molar-refractivity contribution in [1.29, 1.82) is 0 Å². The first-order valence-electron chi connectivity index (χ1n) is 10.4. The van der Waals surface area contributed by atoms with E-state index >= 15 is 0 Å². The Hall–Kier alpha value is -4.27. The summed E-state index contributed by atoms with van der Waals surface area (Å²) < 4.78 is 7.80. The van der Waals surface area contributed by atoms with Crippen molar-refractivity contribution in [3.05, 3.63) is 75.8 Å². The molecule has 168 valence electrons. The van der Waals surface area contributed by atoms with Crippen molar-refractivity contribution in [3.8, 4) is 17.1 Å². The van der Waals surface area contributed by atoms with Crippen LogP contribution in [0.15, 0.2) is 53.3 Å². The molecule has 9 nitrogen and oxygen atoms in total. The summed E-state index contributed by atoms with van der Waals surface area (Å²) in [6, 6.07) is 14.0. The van der Waals surface area contributed by atoms with E-state index in [1.807, 2.05) is 19.1 Å². The molecule has 0 aliphatic rings. The predicted octanol–water partition coefficient (Wildman–Crippen LogP) is 2.58. The summed E-state index contributed by atoms with van der Waals surface area (Å²) in [7, 11) is 1.56. The molecule has 0 fully saturated rings. The minimum atomic E-state index is -0.818. The maximum atomic E-state index is 13.2. The van der Waals surface area contributed by atoms with Crippen LogP contribution in [0.2, 0.25) is 0 Å². The molecule has 4 aromatic rings. The third kappa shape index (κ3) is 4.00. The minimum Gasteiger partial charge on any atom is -0.497 e. The van der Waals surface area contributed by atoms with Crippen LogP contribution >= 0.6 is 0 Å². The predicted molar refractivity (Wildman–Crippen MR) is 123 cm³/mol. The molecule has 0 saturated heterocycles. The van der Waals surface area contributed by atoms with Crippen molar-refractivity contribution in [2.75, 3.05) is 7.11 Å². The molecule has 2 aromatic carbocycles. The van der Waals surface area contributed by atoms with Crippen molar-refractivity contribution in [2.45, 2.75) is 26.9 Å². The number of amides is 1. The molecule has 0 spiro atoms. The van der Waals surface area contributed by atoms with Gasteiger partial charge < -0.3 is 10.5 Å². The van der Waals surface area contributed by atoms with Crippen molar-refractivity contribution in [1.82, 2.24) is 19.1 Å². The third-order valence-electron chi connectivity index (χ3n) is 5.43. The zero-order valence-electron chi connectivity index (χ0n) is 18.5. The van der Waals surface area contributed by atoms with E-state index < -0.39 is 11.6 Å². The number of rotatable bonds is 7. The number of primary amides is 1.